The zero-order valence-corrected chi connectivity index (χ0v) is 24.0. The molecule has 1 aromatic carbocycles. The molecule has 2 N–H and O–H groups in total. The highest BCUT2D eigenvalue weighted by molar-refractivity contribution is 7.23. The summed E-state index contributed by atoms with van der Waals surface area (Å²) < 4.78 is 37.6. The van der Waals surface area contributed by atoms with Crippen LogP contribution in [-0.2, 0) is 18.0 Å². The van der Waals surface area contributed by atoms with Crippen LogP contribution in [0.3, 0.4) is 0 Å². The summed E-state index contributed by atoms with van der Waals surface area (Å²) in [7, 11) is 2.18. The molecule has 40 heavy (non-hydrogen) atoms. The number of ether oxygens (including phenoxy) is 1. The predicted octanol–water partition coefficient (Wildman–Crippen LogP) is 4.10. The van der Waals surface area contributed by atoms with Gasteiger partial charge < -0.3 is 20.3 Å². The zero-order valence-electron chi connectivity index (χ0n) is 23.1. The molecule has 0 spiro atoms. The number of fused-ring (bicyclic) bond motifs is 3. The number of nitrogen functional groups attached to an aromatic ring is 1. The molecule has 10 heteroatoms. The molecule has 3 aliphatic rings. The third-order valence-corrected chi connectivity index (χ3v) is 9.88. The molecule has 0 bridgehead atoms. The van der Waals surface area contributed by atoms with E-state index in [-0.39, 0.29) is 38.5 Å². The number of thiophene rings is 1. The number of nitrogens with two attached hydrogens (primary N) is 1. The van der Waals surface area contributed by atoms with Crippen LogP contribution < -0.4 is 16.2 Å². The van der Waals surface area contributed by atoms with Gasteiger partial charge in [-0.2, -0.15) is 5.26 Å². The van der Waals surface area contributed by atoms with E-state index in [4.69, 9.17) is 15.5 Å². The molecule has 5 heterocycles. The van der Waals surface area contributed by atoms with Crippen molar-refractivity contribution < 1.29 is 13.5 Å². The first-order chi connectivity index (χ1) is 19.2. The minimum Gasteiger partial charge on any atom is -0.389 e. The van der Waals surface area contributed by atoms with Gasteiger partial charge in [0.15, 0.2) is 5.82 Å². The van der Waals surface area contributed by atoms with Gasteiger partial charge >= 0.3 is 0 Å². The lowest BCUT2D eigenvalue weighted by molar-refractivity contribution is 0.134. The lowest BCUT2D eigenvalue weighted by Crippen LogP contribution is -2.36. The van der Waals surface area contributed by atoms with E-state index >= 15 is 4.39 Å². The first-order valence-electron chi connectivity index (χ1n) is 13.6. The summed E-state index contributed by atoms with van der Waals surface area (Å²) in [5, 5.41) is 11.4. The van der Waals surface area contributed by atoms with Crippen LogP contribution in [-0.4, -0.2) is 53.3 Å². The van der Waals surface area contributed by atoms with Gasteiger partial charge in [0, 0.05) is 46.7 Å². The Morgan fingerprint density at radius 2 is 2.08 bits per heavy atom. The quantitative estimate of drug-likeness (QED) is 0.382. The van der Waals surface area contributed by atoms with Crippen LogP contribution in [0.4, 0.5) is 13.8 Å². The number of hydrogen-bond acceptors (Lipinski definition) is 7. The fourth-order valence-electron chi connectivity index (χ4n) is 6.47. The Morgan fingerprint density at radius 1 is 1.30 bits per heavy atom. The van der Waals surface area contributed by atoms with Crippen LogP contribution in [0.25, 0.3) is 33.1 Å². The second-order valence-electron chi connectivity index (χ2n) is 11.0. The van der Waals surface area contributed by atoms with E-state index in [1.165, 1.54) is 6.42 Å². The second-order valence-corrected chi connectivity index (χ2v) is 12.0. The number of hydrogen-bond donors (Lipinski definition) is 1. The molecule has 7 nitrogen and oxygen atoms in total. The van der Waals surface area contributed by atoms with Gasteiger partial charge in [-0.1, -0.05) is 12.5 Å². The van der Waals surface area contributed by atoms with Crippen molar-refractivity contribution in [3.8, 4) is 17.3 Å². The van der Waals surface area contributed by atoms with E-state index < -0.39 is 11.6 Å². The van der Waals surface area contributed by atoms with Crippen molar-refractivity contribution in [1.29, 1.82) is 5.26 Å². The zero-order chi connectivity index (χ0) is 28.3. The average molecular weight is 563 g/mol. The highest BCUT2D eigenvalue weighted by atomic mass is 32.1. The second kappa shape index (κ2) is 10.2. The van der Waals surface area contributed by atoms with Crippen LogP contribution in [0, 0.1) is 28.9 Å². The third-order valence-electron chi connectivity index (χ3n) is 8.86. The van der Waals surface area contributed by atoms with Crippen LogP contribution >= 0.6 is 11.3 Å². The van der Waals surface area contributed by atoms with Gasteiger partial charge in [-0.15, -0.1) is 11.3 Å². The van der Waals surface area contributed by atoms with E-state index in [1.54, 1.807) is 6.20 Å². The van der Waals surface area contributed by atoms with Crippen molar-refractivity contribution in [2.24, 2.45) is 10.9 Å². The maximum atomic E-state index is 16.8. The Bertz CT molecular complexity index is 1740. The maximum absolute atomic E-state index is 16.8. The molecule has 0 amide bonds. The molecule has 3 aliphatic heterocycles. The van der Waals surface area contributed by atoms with Gasteiger partial charge in [-0.25, -0.2) is 13.8 Å². The number of halogens is 2. The van der Waals surface area contributed by atoms with Crippen molar-refractivity contribution in [3.63, 3.8) is 0 Å². The van der Waals surface area contributed by atoms with Gasteiger partial charge in [0.2, 0.25) is 0 Å². The number of pyridine rings is 1. The summed E-state index contributed by atoms with van der Waals surface area (Å²) in [6.45, 7) is 9.46. The Balaban J connectivity index is 1.57. The van der Waals surface area contributed by atoms with Crippen LogP contribution in [0.15, 0.2) is 11.2 Å². The first kappa shape index (κ1) is 26.8. The highest BCUT2D eigenvalue weighted by Gasteiger charge is 2.39. The number of likely N-dealkylation sites (tertiary alicyclic amines) is 2. The number of nitriles is 1. The lowest BCUT2D eigenvalue weighted by Gasteiger charge is -2.21. The number of benzene rings is 1. The monoisotopic (exact) mass is 562 g/mol. The van der Waals surface area contributed by atoms with E-state index in [0.29, 0.717) is 41.0 Å². The fraction of sp³-hybridized carbons (Fsp3) is 0.433. The number of likely N-dealkylation sites (N-methyl/N-ethyl adjacent to an activating group) is 1. The summed E-state index contributed by atoms with van der Waals surface area (Å²) >= 11 is 0.975. The Hall–Kier alpha value is -3.39. The number of rotatable bonds is 3. The average Bonchev–Trinajstić information content (AvgIpc) is 3.72. The van der Waals surface area contributed by atoms with E-state index in [0.717, 1.165) is 54.1 Å². The highest BCUT2D eigenvalue weighted by Crippen LogP contribution is 2.42. The lowest BCUT2D eigenvalue weighted by atomic mass is 9.92. The van der Waals surface area contributed by atoms with Crippen LogP contribution in [0.5, 0.6) is 0 Å². The van der Waals surface area contributed by atoms with Gasteiger partial charge in [-0.3, -0.25) is 4.98 Å². The third kappa shape index (κ3) is 4.10. The van der Waals surface area contributed by atoms with Gasteiger partial charge in [0.05, 0.1) is 35.4 Å². The molecule has 208 valence electrons. The SMILES string of the molecule is CCC(C)=c1c(F)c(-c2ncc(F)c3sc(N)c(C#N)c23)c2c(/c1=C/N=C(C)N1CC3CCN(C)C3C1)COC2. The summed E-state index contributed by atoms with van der Waals surface area (Å²) in [6.07, 6.45) is 4.68. The number of amidine groups is 1. The predicted molar refractivity (Wildman–Crippen MR) is 155 cm³/mol. The normalized spacial score (nSPS) is 22.3. The first-order valence-corrected chi connectivity index (χ1v) is 14.4. The van der Waals surface area contributed by atoms with Crippen molar-refractivity contribution in [2.75, 3.05) is 32.4 Å². The number of nitrogens with zero attached hydrogens (tertiary/aromatic N) is 5. The molecule has 6 rings (SSSR count). The Kier molecular flexibility index (Phi) is 6.85. The molecule has 2 saturated heterocycles. The largest absolute Gasteiger partial charge is 0.389 e. The van der Waals surface area contributed by atoms with Crippen molar-refractivity contribution >= 4 is 44.0 Å². The molecule has 2 atom stereocenters. The van der Waals surface area contributed by atoms with Crippen molar-refractivity contribution in [3.05, 3.63) is 45.0 Å². The van der Waals surface area contributed by atoms with Gasteiger partial charge in [-0.05, 0) is 57.3 Å². The minimum absolute atomic E-state index is 0.115. The topological polar surface area (TPSA) is 90.8 Å². The molecule has 2 unspecified atom stereocenters. The van der Waals surface area contributed by atoms with E-state index in [1.807, 2.05) is 20.8 Å². The number of aliphatic imine (C=N–C) groups is 1. The smallest absolute Gasteiger partial charge is 0.159 e. The fourth-order valence-corrected chi connectivity index (χ4v) is 7.39. The molecule has 0 aliphatic carbocycles. The van der Waals surface area contributed by atoms with Crippen LogP contribution in [0.1, 0.15) is 50.3 Å². The molecule has 2 aromatic heterocycles. The Labute approximate surface area is 235 Å². The minimum atomic E-state index is -0.589. The summed E-state index contributed by atoms with van der Waals surface area (Å²) in [5.41, 5.74) is 8.98. The number of anilines is 1. The molecule has 3 aromatic rings. The van der Waals surface area contributed by atoms with Gasteiger partial charge in [0.25, 0.3) is 0 Å². The van der Waals surface area contributed by atoms with E-state index in [9.17, 15) is 9.65 Å². The van der Waals surface area contributed by atoms with Crippen molar-refractivity contribution in [2.45, 2.75) is 52.9 Å². The van der Waals surface area contributed by atoms with E-state index in [2.05, 4.69) is 27.9 Å². The summed E-state index contributed by atoms with van der Waals surface area (Å²) in [6, 6.07) is 2.62. The Morgan fingerprint density at radius 3 is 2.80 bits per heavy atom. The summed E-state index contributed by atoms with van der Waals surface area (Å²) in [5.74, 6) is 0.512. The molecule has 0 radical (unpaired) electrons. The van der Waals surface area contributed by atoms with Crippen LogP contribution in [0.2, 0.25) is 0 Å². The number of aromatic nitrogens is 1. The molecule has 2 fully saturated rings. The molecule has 0 saturated carbocycles. The summed E-state index contributed by atoms with van der Waals surface area (Å²) in [4.78, 5) is 13.9. The maximum Gasteiger partial charge on any atom is 0.159 e. The standard InChI is InChI=1S/C30H32F2N6OS/c1-5-15(2)24-19(9-35-16(3)38-11-17-6-7-37(4)23(17)12-38)20-13-39-14-21(20)25(27(24)32)28-26-18(8-33)30(34)40-29(26)22(31)10-36-28/h9-10,17,23H,5-7,11-14,34H2,1-4H3/b19-9-,24-15?,35-16?. The van der Waals surface area contributed by atoms with Gasteiger partial charge in [0.1, 0.15) is 22.7 Å². The molecular weight excluding hydrogens is 530 g/mol. The molecular formula is C30H32F2N6OS. The van der Waals surface area contributed by atoms with Crippen molar-refractivity contribution in [1.82, 2.24) is 14.8 Å².